The molecule has 0 amide bonds. The minimum atomic E-state index is -2.12. The van der Waals surface area contributed by atoms with E-state index in [0.29, 0.717) is 26.4 Å². The van der Waals surface area contributed by atoms with Crippen LogP contribution in [0.1, 0.15) is 184 Å². The van der Waals surface area contributed by atoms with Crippen LogP contribution in [-0.2, 0) is 25.8 Å². The van der Waals surface area contributed by atoms with E-state index in [1.807, 2.05) is 0 Å². The summed E-state index contributed by atoms with van der Waals surface area (Å²) in [5.74, 6) is 3.59. The van der Waals surface area contributed by atoms with Gasteiger partial charge in [-0.1, -0.05) is 185 Å². The third-order valence-corrected chi connectivity index (χ3v) is 16.8. The number of hydrogen-bond acceptors (Lipinski definition) is 5. The maximum absolute atomic E-state index is 8.17. The third kappa shape index (κ3) is 14.7. The van der Waals surface area contributed by atoms with Gasteiger partial charge in [0.2, 0.25) is 0 Å². The Labute approximate surface area is 388 Å². The fourth-order valence-electron chi connectivity index (χ4n) is 7.10. The van der Waals surface area contributed by atoms with Gasteiger partial charge in [-0.15, -0.1) is 0 Å². The molecule has 0 heterocycles. The normalized spacial score (nSPS) is 12.6. The number of ether oxygens (including phenoxy) is 4. The van der Waals surface area contributed by atoms with Gasteiger partial charge in [-0.25, -0.2) is 0 Å². The molecule has 346 valence electrons. The monoisotopic (exact) mass is 893 g/mol. The van der Waals surface area contributed by atoms with Crippen LogP contribution in [0.3, 0.4) is 0 Å². The first-order valence-electron chi connectivity index (χ1n) is 24.2. The van der Waals surface area contributed by atoms with Crippen LogP contribution in [0.15, 0.2) is 72.8 Å². The average Bonchev–Trinajstić information content (AvgIpc) is 3.21. The lowest BCUT2D eigenvalue weighted by Gasteiger charge is -2.31. The Morgan fingerprint density at radius 2 is 0.540 bits per heavy atom. The predicted octanol–water partition coefficient (Wildman–Crippen LogP) is 12.5. The van der Waals surface area contributed by atoms with Gasteiger partial charge in [0.1, 0.15) is 23.0 Å². The minimum Gasteiger partial charge on any atom is -0.494 e. The standard InChI is InChI=1S/C56H84O5Si2/c1-17-21-33-57-45-37-41(53(5,6)7)25-29-49(45)62(50-30-26-42(54(8,9)10)38-46(50)58-34-22-18-2)61-63(51-31-27-43(55(11,12)13)39-47(51)59-35-23-19-3)52-32-28-44(56(14,15)16)40-48(52)60-36-24-20-4/h25-32,37-40H,17-24,33-36H2,1-16H3. The molecule has 0 aliphatic rings. The van der Waals surface area contributed by atoms with Crippen LogP contribution in [0.25, 0.3) is 0 Å². The van der Waals surface area contributed by atoms with Gasteiger partial charge in [0.05, 0.1) is 26.4 Å². The Morgan fingerprint density at radius 1 is 0.333 bits per heavy atom. The van der Waals surface area contributed by atoms with Crippen molar-refractivity contribution in [2.45, 2.75) is 184 Å². The second kappa shape index (κ2) is 23.1. The summed E-state index contributed by atoms with van der Waals surface area (Å²) in [5.41, 5.74) is 4.69. The molecule has 0 saturated heterocycles. The summed E-state index contributed by atoms with van der Waals surface area (Å²) in [6.07, 6.45) is 8.10. The molecule has 0 unspecified atom stereocenters. The predicted molar refractivity (Wildman–Crippen MR) is 273 cm³/mol. The largest absolute Gasteiger partial charge is 0.494 e. The molecule has 4 aromatic carbocycles. The number of hydrogen-bond donors (Lipinski definition) is 0. The van der Waals surface area contributed by atoms with E-state index in [9.17, 15) is 0 Å². The first-order chi connectivity index (χ1) is 29.6. The molecule has 7 heteroatoms. The van der Waals surface area contributed by atoms with Crippen LogP contribution in [0, 0.1) is 0 Å². The molecule has 5 nitrogen and oxygen atoms in total. The number of unbranched alkanes of at least 4 members (excludes halogenated alkanes) is 4. The number of rotatable bonds is 22. The second-order valence-electron chi connectivity index (χ2n) is 21.4. The lowest BCUT2D eigenvalue weighted by atomic mass is 9.87. The Hall–Kier alpha value is -3.53. The molecule has 0 fully saturated rings. The van der Waals surface area contributed by atoms with Crippen molar-refractivity contribution in [1.82, 2.24) is 0 Å². The number of benzene rings is 4. The molecule has 2 radical (unpaired) electrons. The van der Waals surface area contributed by atoms with Gasteiger partial charge in [0.25, 0.3) is 18.1 Å². The smallest absolute Gasteiger partial charge is 0.280 e. The maximum Gasteiger partial charge on any atom is 0.280 e. The SMILES string of the molecule is CCCCOc1cc(C(C)(C)C)ccc1[Si](O[Si](c1ccc(C(C)(C)C)cc1OCCCC)c1ccc(C(C)(C)C)cc1OCCCC)c1ccc(C(C)(C)C)cc1OCCCC. The van der Waals surface area contributed by atoms with Gasteiger partial charge >= 0.3 is 0 Å². The summed E-state index contributed by atoms with van der Waals surface area (Å²) in [4.78, 5) is 0. The summed E-state index contributed by atoms with van der Waals surface area (Å²) in [7, 11) is -4.24. The van der Waals surface area contributed by atoms with E-state index in [0.717, 1.165) is 95.1 Å². The van der Waals surface area contributed by atoms with Gasteiger partial charge < -0.3 is 23.1 Å². The van der Waals surface area contributed by atoms with Crippen LogP contribution >= 0.6 is 0 Å². The van der Waals surface area contributed by atoms with E-state index < -0.39 is 18.1 Å². The summed E-state index contributed by atoms with van der Waals surface area (Å²) < 4.78 is 35.7. The van der Waals surface area contributed by atoms with Crippen molar-refractivity contribution >= 4 is 38.8 Å². The molecular weight excluding hydrogens is 809 g/mol. The quantitative estimate of drug-likeness (QED) is 0.0581. The Balaban J connectivity index is 2.18. The topological polar surface area (TPSA) is 46.2 Å². The highest BCUT2D eigenvalue weighted by atomic mass is 28.4. The highest BCUT2D eigenvalue weighted by molar-refractivity contribution is 6.93. The molecule has 0 atom stereocenters. The molecule has 4 rings (SSSR count). The van der Waals surface area contributed by atoms with E-state index in [4.69, 9.17) is 23.1 Å². The Kier molecular flexibility index (Phi) is 19.1. The van der Waals surface area contributed by atoms with Crippen LogP contribution in [0.4, 0.5) is 0 Å². The van der Waals surface area contributed by atoms with Crippen LogP contribution < -0.4 is 39.7 Å². The van der Waals surface area contributed by atoms with E-state index in [1.54, 1.807) is 0 Å². The molecule has 0 bridgehead atoms. The van der Waals surface area contributed by atoms with Crippen molar-refractivity contribution in [2.75, 3.05) is 26.4 Å². The van der Waals surface area contributed by atoms with E-state index in [2.05, 4.69) is 184 Å². The molecule has 0 aromatic heterocycles. The lowest BCUT2D eigenvalue weighted by molar-refractivity contribution is 0.309. The van der Waals surface area contributed by atoms with Gasteiger partial charge in [0, 0.05) is 20.7 Å². The molecule has 0 aliphatic heterocycles. The highest BCUT2D eigenvalue weighted by Crippen LogP contribution is 2.31. The third-order valence-electron chi connectivity index (χ3n) is 11.6. The van der Waals surface area contributed by atoms with Gasteiger partial charge in [-0.2, -0.15) is 0 Å². The van der Waals surface area contributed by atoms with Crippen molar-refractivity contribution in [3.63, 3.8) is 0 Å². The van der Waals surface area contributed by atoms with E-state index in [1.165, 1.54) is 22.3 Å². The first-order valence-corrected chi connectivity index (χ1v) is 27.0. The molecule has 0 aliphatic carbocycles. The van der Waals surface area contributed by atoms with Gasteiger partial charge in [-0.3, -0.25) is 0 Å². The van der Waals surface area contributed by atoms with Crippen LogP contribution in [0.5, 0.6) is 23.0 Å². The lowest BCUT2D eigenvalue weighted by Crippen LogP contribution is -2.57. The summed E-state index contributed by atoms with van der Waals surface area (Å²) >= 11 is 0. The fourth-order valence-corrected chi connectivity index (χ4v) is 12.7. The summed E-state index contributed by atoms with van der Waals surface area (Å²) in [5, 5.41) is 4.37. The van der Waals surface area contributed by atoms with E-state index in [-0.39, 0.29) is 21.7 Å². The maximum atomic E-state index is 8.17. The summed E-state index contributed by atoms with van der Waals surface area (Å²) in [6.45, 7) is 38.7. The van der Waals surface area contributed by atoms with Crippen LogP contribution in [0.2, 0.25) is 0 Å². The zero-order valence-corrected chi connectivity index (χ0v) is 44.5. The highest BCUT2D eigenvalue weighted by Gasteiger charge is 2.37. The van der Waals surface area contributed by atoms with Crippen molar-refractivity contribution in [3.05, 3.63) is 95.1 Å². The molecule has 63 heavy (non-hydrogen) atoms. The van der Waals surface area contributed by atoms with Gasteiger partial charge in [0.15, 0.2) is 0 Å². The molecule has 4 aromatic rings. The zero-order valence-electron chi connectivity index (χ0n) is 42.5. The summed E-state index contributed by atoms with van der Waals surface area (Å²) in [6, 6.07) is 27.5. The molecule has 0 spiro atoms. The molecular formula is C56H84O5Si2. The Morgan fingerprint density at radius 3 is 0.714 bits per heavy atom. The molecule has 0 N–H and O–H groups in total. The average molecular weight is 893 g/mol. The van der Waals surface area contributed by atoms with Gasteiger partial charge in [-0.05, 0) is 93.9 Å². The first kappa shape index (κ1) is 52.1. The van der Waals surface area contributed by atoms with Crippen molar-refractivity contribution in [1.29, 1.82) is 0 Å². The van der Waals surface area contributed by atoms with Crippen molar-refractivity contribution in [2.24, 2.45) is 0 Å². The van der Waals surface area contributed by atoms with Crippen molar-refractivity contribution in [3.8, 4) is 23.0 Å². The minimum absolute atomic E-state index is 0.0635. The Bertz CT molecular complexity index is 1740. The second-order valence-corrected chi connectivity index (χ2v) is 25.7. The fraction of sp³-hybridized carbons (Fsp3) is 0.571. The molecule has 0 saturated carbocycles. The zero-order chi connectivity index (χ0) is 46.6. The van der Waals surface area contributed by atoms with Crippen molar-refractivity contribution < 1.29 is 23.1 Å². The van der Waals surface area contributed by atoms with E-state index >= 15 is 0 Å². The van der Waals surface area contributed by atoms with Crippen LogP contribution in [-0.4, -0.2) is 44.5 Å².